The second-order valence-corrected chi connectivity index (χ2v) is 6.20. The van der Waals surface area contributed by atoms with Crippen LogP contribution in [0.1, 0.15) is 30.5 Å². The Bertz CT molecular complexity index is 599. The van der Waals surface area contributed by atoms with Gasteiger partial charge in [-0.2, -0.15) is 0 Å². The van der Waals surface area contributed by atoms with Gasteiger partial charge in [0.15, 0.2) is 0 Å². The topological polar surface area (TPSA) is 17.0 Å². The molecule has 4 rings (SSSR count). The largest absolute Gasteiger partial charge is 0.344 e. The summed E-state index contributed by atoms with van der Waals surface area (Å²) >= 11 is 0. The van der Waals surface area contributed by atoms with Crippen LogP contribution >= 0.6 is 12.4 Å². The van der Waals surface area contributed by atoms with E-state index in [2.05, 4.69) is 46.3 Å². The summed E-state index contributed by atoms with van der Waals surface area (Å²) in [4.78, 5) is 0. The number of halogens is 1. The lowest BCUT2D eigenvalue weighted by atomic mass is 10.1. The van der Waals surface area contributed by atoms with Crippen molar-refractivity contribution in [2.75, 3.05) is 6.54 Å². The van der Waals surface area contributed by atoms with Gasteiger partial charge in [0, 0.05) is 24.5 Å². The van der Waals surface area contributed by atoms with Crippen LogP contribution in [0.3, 0.4) is 0 Å². The van der Waals surface area contributed by atoms with E-state index in [-0.39, 0.29) is 12.4 Å². The fourth-order valence-electron chi connectivity index (χ4n) is 3.31. The first-order chi connectivity index (χ1) is 9.92. The Morgan fingerprint density at radius 3 is 2.71 bits per heavy atom. The molecular formula is C18H23ClN2. The van der Waals surface area contributed by atoms with Crippen LogP contribution < -0.4 is 5.32 Å². The predicted octanol–water partition coefficient (Wildman–Crippen LogP) is 4.02. The lowest BCUT2D eigenvalue weighted by molar-refractivity contribution is 0.601. The standard InChI is InChI=1S/C18H22N2.ClH/c1-2-5-15(6-3-1)18-11-16-12-19-10-4-7-17(16)20(18)13-14-8-9-14;/h1-3,5-6,11,14,19H,4,7-10,12-13H2;1H. The number of fused-ring (bicyclic) bond motifs is 1. The summed E-state index contributed by atoms with van der Waals surface area (Å²) in [6.45, 7) is 3.41. The van der Waals surface area contributed by atoms with Gasteiger partial charge < -0.3 is 9.88 Å². The maximum atomic E-state index is 3.55. The number of benzene rings is 1. The van der Waals surface area contributed by atoms with E-state index in [1.54, 1.807) is 5.69 Å². The smallest absolute Gasteiger partial charge is 0.0485 e. The van der Waals surface area contributed by atoms with Crippen LogP contribution in [0, 0.1) is 5.92 Å². The van der Waals surface area contributed by atoms with Crippen LogP contribution in [-0.4, -0.2) is 11.1 Å². The number of rotatable bonds is 3. The van der Waals surface area contributed by atoms with Crippen molar-refractivity contribution in [3.05, 3.63) is 47.7 Å². The van der Waals surface area contributed by atoms with Crippen molar-refractivity contribution < 1.29 is 0 Å². The van der Waals surface area contributed by atoms with Gasteiger partial charge in [-0.1, -0.05) is 30.3 Å². The maximum Gasteiger partial charge on any atom is 0.0485 e. The molecule has 2 nitrogen and oxygen atoms in total. The first-order valence-corrected chi connectivity index (χ1v) is 7.89. The molecular weight excluding hydrogens is 280 g/mol. The van der Waals surface area contributed by atoms with Crippen molar-refractivity contribution in [2.24, 2.45) is 5.92 Å². The van der Waals surface area contributed by atoms with E-state index in [9.17, 15) is 0 Å². The molecule has 0 amide bonds. The summed E-state index contributed by atoms with van der Waals surface area (Å²) in [5.74, 6) is 0.921. The molecule has 0 saturated heterocycles. The van der Waals surface area contributed by atoms with Gasteiger partial charge in [-0.25, -0.2) is 0 Å². The Morgan fingerprint density at radius 1 is 1.14 bits per heavy atom. The van der Waals surface area contributed by atoms with Crippen molar-refractivity contribution >= 4 is 12.4 Å². The van der Waals surface area contributed by atoms with Crippen LogP contribution in [0.2, 0.25) is 0 Å². The van der Waals surface area contributed by atoms with Crippen molar-refractivity contribution in [3.8, 4) is 11.3 Å². The summed E-state index contributed by atoms with van der Waals surface area (Å²) < 4.78 is 2.62. The van der Waals surface area contributed by atoms with Gasteiger partial charge in [0.05, 0.1) is 0 Å². The highest BCUT2D eigenvalue weighted by Crippen LogP contribution is 2.35. The third-order valence-corrected chi connectivity index (χ3v) is 4.59. The third kappa shape index (κ3) is 3.02. The predicted molar refractivity (Wildman–Crippen MR) is 89.9 cm³/mol. The lowest BCUT2D eigenvalue weighted by Gasteiger charge is -2.13. The highest BCUT2D eigenvalue weighted by Gasteiger charge is 2.26. The summed E-state index contributed by atoms with van der Waals surface area (Å²) in [7, 11) is 0. The molecule has 1 N–H and O–H groups in total. The molecule has 0 bridgehead atoms. The number of aromatic nitrogens is 1. The second-order valence-electron chi connectivity index (χ2n) is 6.20. The summed E-state index contributed by atoms with van der Waals surface area (Å²) in [5, 5.41) is 3.55. The molecule has 1 saturated carbocycles. The van der Waals surface area contributed by atoms with Gasteiger partial charge >= 0.3 is 0 Å². The van der Waals surface area contributed by atoms with Crippen LogP contribution in [0.4, 0.5) is 0 Å². The molecule has 1 aromatic carbocycles. The van der Waals surface area contributed by atoms with Crippen molar-refractivity contribution in [1.29, 1.82) is 0 Å². The van der Waals surface area contributed by atoms with E-state index in [0.29, 0.717) is 0 Å². The number of nitrogens with zero attached hydrogens (tertiary/aromatic N) is 1. The Morgan fingerprint density at radius 2 is 1.95 bits per heavy atom. The minimum absolute atomic E-state index is 0. The van der Waals surface area contributed by atoms with Crippen molar-refractivity contribution in [2.45, 2.75) is 38.8 Å². The van der Waals surface area contributed by atoms with Crippen LogP contribution in [0.15, 0.2) is 36.4 Å². The molecule has 0 unspecified atom stereocenters. The normalized spacial score (nSPS) is 17.7. The first-order valence-electron chi connectivity index (χ1n) is 7.89. The van der Waals surface area contributed by atoms with E-state index >= 15 is 0 Å². The molecule has 1 fully saturated rings. The lowest BCUT2D eigenvalue weighted by Crippen LogP contribution is -2.11. The zero-order chi connectivity index (χ0) is 13.4. The van der Waals surface area contributed by atoms with Crippen LogP contribution in [-0.2, 0) is 19.5 Å². The number of nitrogens with one attached hydrogen (secondary N) is 1. The first kappa shape index (κ1) is 14.7. The van der Waals surface area contributed by atoms with Crippen LogP contribution in [0.25, 0.3) is 11.3 Å². The van der Waals surface area contributed by atoms with Crippen LogP contribution in [0.5, 0.6) is 0 Å². The van der Waals surface area contributed by atoms with Gasteiger partial charge in [0.25, 0.3) is 0 Å². The molecule has 0 spiro atoms. The minimum Gasteiger partial charge on any atom is -0.344 e. The van der Waals surface area contributed by atoms with Gasteiger partial charge in [-0.05, 0) is 55.3 Å². The summed E-state index contributed by atoms with van der Waals surface area (Å²) in [6.07, 6.45) is 5.32. The van der Waals surface area contributed by atoms with E-state index in [1.807, 2.05) is 0 Å². The highest BCUT2D eigenvalue weighted by atomic mass is 35.5. The molecule has 1 aliphatic heterocycles. The fraction of sp³-hybridized carbons (Fsp3) is 0.444. The molecule has 3 heteroatoms. The maximum absolute atomic E-state index is 3.55. The molecule has 0 radical (unpaired) electrons. The van der Waals surface area contributed by atoms with Gasteiger partial charge in [-0.15, -0.1) is 12.4 Å². The van der Waals surface area contributed by atoms with E-state index in [4.69, 9.17) is 0 Å². The zero-order valence-electron chi connectivity index (χ0n) is 12.3. The molecule has 0 atom stereocenters. The summed E-state index contributed by atoms with van der Waals surface area (Å²) in [5.41, 5.74) is 5.88. The fourth-order valence-corrected chi connectivity index (χ4v) is 3.31. The molecule has 2 heterocycles. The monoisotopic (exact) mass is 302 g/mol. The zero-order valence-corrected chi connectivity index (χ0v) is 13.2. The molecule has 1 aliphatic carbocycles. The minimum atomic E-state index is 0. The summed E-state index contributed by atoms with van der Waals surface area (Å²) in [6, 6.07) is 13.3. The Hall–Kier alpha value is -1.25. The number of hydrogen-bond acceptors (Lipinski definition) is 1. The molecule has 1 aromatic heterocycles. The Balaban J connectivity index is 0.00000132. The van der Waals surface area contributed by atoms with Gasteiger partial charge in [-0.3, -0.25) is 0 Å². The van der Waals surface area contributed by atoms with Gasteiger partial charge in [0.1, 0.15) is 0 Å². The Labute approximate surface area is 133 Å². The quantitative estimate of drug-likeness (QED) is 0.906. The average molecular weight is 303 g/mol. The Kier molecular flexibility index (Phi) is 4.37. The average Bonchev–Trinajstić information content (AvgIpc) is 3.27. The van der Waals surface area contributed by atoms with E-state index < -0.39 is 0 Å². The molecule has 21 heavy (non-hydrogen) atoms. The molecule has 2 aliphatic rings. The molecule has 2 aromatic rings. The third-order valence-electron chi connectivity index (χ3n) is 4.59. The van der Waals surface area contributed by atoms with Crippen molar-refractivity contribution in [3.63, 3.8) is 0 Å². The molecule has 112 valence electrons. The number of hydrogen-bond donors (Lipinski definition) is 1. The van der Waals surface area contributed by atoms with E-state index in [0.717, 1.165) is 19.0 Å². The van der Waals surface area contributed by atoms with Gasteiger partial charge in [0.2, 0.25) is 0 Å². The highest BCUT2D eigenvalue weighted by molar-refractivity contribution is 5.85. The second kappa shape index (κ2) is 6.25. The SMILES string of the molecule is Cl.c1ccc(-c2cc3c(n2CC2CC2)CCCNC3)cc1. The van der Waals surface area contributed by atoms with E-state index in [1.165, 1.54) is 49.0 Å². The van der Waals surface area contributed by atoms with Crippen molar-refractivity contribution in [1.82, 2.24) is 9.88 Å².